The van der Waals surface area contributed by atoms with Gasteiger partial charge in [0, 0.05) is 13.8 Å². The van der Waals surface area contributed by atoms with E-state index in [-0.39, 0.29) is 11.1 Å². The molecule has 1 aromatic carbocycles. The summed E-state index contributed by atoms with van der Waals surface area (Å²) in [5, 5.41) is 31.9. The second-order valence-electron chi connectivity index (χ2n) is 3.19. The van der Waals surface area contributed by atoms with Crippen molar-refractivity contribution in [3.8, 4) is 0 Å². The number of carboxylic acids is 4. The van der Waals surface area contributed by atoms with Gasteiger partial charge >= 0.3 is 11.9 Å². The van der Waals surface area contributed by atoms with Crippen LogP contribution < -0.4 is 0 Å². The summed E-state index contributed by atoms with van der Waals surface area (Å²) in [5.41, 5.74) is -0.380. The SMILES string of the molecule is CC(=O)O.CC(=O)O.O=C(O)c1ccccc1C(=O)O. The third-order valence-corrected chi connectivity index (χ3v) is 1.39. The molecular formula is C12H14O8. The highest BCUT2D eigenvalue weighted by Crippen LogP contribution is 2.07. The van der Waals surface area contributed by atoms with Gasteiger partial charge < -0.3 is 20.4 Å². The molecule has 8 heteroatoms. The summed E-state index contributed by atoms with van der Waals surface area (Å²) in [4.78, 5) is 38.9. The molecule has 0 spiro atoms. The van der Waals surface area contributed by atoms with Crippen molar-refractivity contribution in [2.24, 2.45) is 0 Å². The van der Waals surface area contributed by atoms with Crippen LogP contribution in [-0.4, -0.2) is 44.3 Å². The Morgan fingerprint density at radius 2 is 0.900 bits per heavy atom. The Bertz CT molecular complexity index is 439. The fraction of sp³-hybridized carbons (Fsp3) is 0.167. The highest BCUT2D eigenvalue weighted by Gasteiger charge is 2.13. The zero-order valence-electron chi connectivity index (χ0n) is 10.7. The zero-order chi connectivity index (χ0) is 16.3. The van der Waals surface area contributed by atoms with Crippen molar-refractivity contribution in [1.29, 1.82) is 0 Å². The molecule has 0 aliphatic rings. The normalized spacial score (nSPS) is 8.10. The van der Waals surface area contributed by atoms with Crippen LogP contribution in [0.4, 0.5) is 0 Å². The average Bonchev–Trinajstić information content (AvgIpc) is 2.27. The predicted octanol–water partition coefficient (Wildman–Crippen LogP) is 1.26. The Morgan fingerprint density at radius 3 is 1.05 bits per heavy atom. The topological polar surface area (TPSA) is 149 Å². The average molecular weight is 286 g/mol. The van der Waals surface area contributed by atoms with Gasteiger partial charge in [-0.2, -0.15) is 0 Å². The first-order valence-corrected chi connectivity index (χ1v) is 5.04. The number of carboxylic acid groups (broad SMARTS) is 4. The lowest BCUT2D eigenvalue weighted by Crippen LogP contribution is -2.06. The smallest absolute Gasteiger partial charge is 0.336 e. The zero-order valence-corrected chi connectivity index (χ0v) is 10.7. The lowest BCUT2D eigenvalue weighted by molar-refractivity contribution is -0.135. The van der Waals surface area contributed by atoms with Crippen LogP contribution in [0.1, 0.15) is 34.6 Å². The van der Waals surface area contributed by atoms with Gasteiger partial charge in [-0.3, -0.25) is 9.59 Å². The maximum Gasteiger partial charge on any atom is 0.336 e. The molecule has 1 rings (SSSR count). The number of rotatable bonds is 2. The third kappa shape index (κ3) is 11.6. The fourth-order valence-corrected chi connectivity index (χ4v) is 0.856. The van der Waals surface area contributed by atoms with E-state index in [0.717, 1.165) is 13.8 Å². The molecule has 4 N–H and O–H groups in total. The minimum Gasteiger partial charge on any atom is -0.481 e. The van der Waals surface area contributed by atoms with E-state index in [1.165, 1.54) is 24.3 Å². The molecule has 0 unspecified atom stereocenters. The third-order valence-electron chi connectivity index (χ3n) is 1.39. The van der Waals surface area contributed by atoms with Crippen molar-refractivity contribution in [3.63, 3.8) is 0 Å². The maximum atomic E-state index is 10.5. The number of hydrogen-bond acceptors (Lipinski definition) is 4. The van der Waals surface area contributed by atoms with Gasteiger partial charge in [-0.15, -0.1) is 0 Å². The van der Waals surface area contributed by atoms with E-state index in [0.29, 0.717) is 0 Å². The summed E-state index contributed by atoms with van der Waals surface area (Å²) >= 11 is 0. The number of benzene rings is 1. The molecule has 0 amide bonds. The number of aliphatic carboxylic acids is 2. The lowest BCUT2D eigenvalue weighted by atomic mass is 10.1. The molecule has 0 aliphatic heterocycles. The molecule has 0 saturated carbocycles. The van der Waals surface area contributed by atoms with Crippen LogP contribution >= 0.6 is 0 Å². The van der Waals surface area contributed by atoms with Gasteiger partial charge in [-0.05, 0) is 12.1 Å². The molecule has 8 nitrogen and oxygen atoms in total. The standard InChI is InChI=1S/C8H6O4.2C2H4O2/c9-7(10)5-3-1-2-4-6(5)8(11)12;2*1-2(3)4/h1-4H,(H,9,10)(H,11,12);2*1H3,(H,3,4). The molecule has 0 radical (unpaired) electrons. The molecular weight excluding hydrogens is 272 g/mol. The van der Waals surface area contributed by atoms with E-state index >= 15 is 0 Å². The molecule has 0 aromatic heterocycles. The highest BCUT2D eigenvalue weighted by molar-refractivity contribution is 6.01. The summed E-state index contributed by atoms with van der Waals surface area (Å²) in [6, 6.07) is 5.48. The molecule has 0 aliphatic carbocycles. The Balaban J connectivity index is 0. The van der Waals surface area contributed by atoms with E-state index in [2.05, 4.69) is 0 Å². The molecule has 20 heavy (non-hydrogen) atoms. The van der Waals surface area contributed by atoms with E-state index in [4.69, 9.17) is 30.0 Å². The van der Waals surface area contributed by atoms with E-state index in [9.17, 15) is 9.59 Å². The summed E-state index contributed by atoms with van der Waals surface area (Å²) in [7, 11) is 0. The Kier molecular flexibility index (Phi) is 9.78. The minimum absolute atomic E-state index is 0.190. The van der Waals surface area contributed by atoms with Gasteiger partial charge in [0.25, 0.3) is 11.9 Å². The van der Waals surface area contributed by atoms with Crippen LogP contribution in [0.3, 0.4) is 0 Å². The second kappa shape index (κ2) is 10.1. The first-order valence-electron chi connectivity index (χ1n) is 5.04. The summed E-state index contributed by atoms with van der Waals surface area (Å²) in [6.45, 7) is 2.17. The number of hydrogen-bond donors (Lipinski definition) is 4. The largest absolute Gasteiger partial charge is 0.481 e. The summed E-state index contributed by atoms with van der Waals surface area (Å²) in [5.74, 6) is -4.12. The monoisotopic (exact) mass is 286 g/mol. The van der Waals surface area contributed by atoms with Crippen molar-refractivity contribution < 1.29 is 39.6 Å². The maximum absolute atomic E-state index is 10.5. The summed E-state index contributed by atoms with van der Waals surface area (Å²) in [6.07, 6.45) is 0. The van der Waals surface area contributed by atoms with Crippen LogP contribution in [0, 0.1) is 0 Å². The van der Waals surface area contributed by atoms with E-state index < -0.39 is 23.9 Å². The van der Waals surface area contributed by atoms with E-state index in [1.807, 2.05) is 0 Å². The Labute approximate surface area is 113 Å². The van der Waals surface area contributed by atoms with Crippen molar-refractivity contribution in [1.82, 2.24) is 0 Å². The quantitative estimate of drug-likeness (QED) is 0.634. The number of carbonyl (C=O) groups is 4. The van der Waals surface area contributed by atoms with E-state index in [1.54, 1.807) is 0 Å². The molecule has 0 heterocycles. The summed E-state index contributed by atoms with van der Waals surface area (Å²) < 4.78 is 0. The van der Waals surface area contributed by atoms with Crippen molar-refractivity contribution >= 4 is 23.9 Å². The highest BCUT2D eigenvalue weighted by atomic mass is 16.4. The van der Waals surface area contributed by atoms with Gasteiger partial charge in [0.1, 0.15) is 0 Å². The Morgan fingerprint density at radius 1 is 0.700 bits per heavy atom. The second-order valence-corrected chi connectivity index (χ2v) is 3.19. The number of aromatic carboxylic acids is 2. The van der Waals surface area contributed by atoms with Gasteiger partial charge in [-0.25, -0.2) is 9.59 Å². The predicted molar refractivity (Wildman–Crippen MR) is 67.0 cm³/mol. The first-order chi connectivity index (χ1) is 9.09. The molecule has 0 atom stereocenters. The Hall–Kier alpha value is -2.90. The van der Waals surface area contributed by atoms with Crippen LogP contribution in [-0.2, 0) is 9.59 Å². The van der Waals surface area contributed by atoms with Gasteiger partial charge in [0.15, 0.2) is 0 Å². The molecule has 0 fully saturated rings. The van der Waals surface area contributed by atoms with Crippen LogP contribution in [0.15, 0.2) is 24.3 Å². The van der Waals surface area contributed by atoms with Gasteiger partial charge in [0.2, 0.25) is 0 Å². The van der Waals surface area contributed by atoms with Gasteiger partial charge in [0.05, 0.1) is 11.1 Å². The van der Waals surface area contributed by atoms with Gasteiger partial charge in [-0.1, -0.05) is 12.1 Å². The fourth-order valence-electron chi connectivity index (χ4n) is 0.856. The molecule has 1 aromatic rings. The van der Waals surface area contributed by atoms with Crippen LogP contribution in [0.25, 0.3) is 0 Å². The van der Waals surface area contributed by atoms with Crippen LogP contribution in [0.5, 0.6) is 0 Å². The van der Waals surface area contributed by atoms with Crippen molar-refractivity contribution in [3.05, 3.63) is 35.4 Å². The van der Waals surface area contributed by atoms with Crippen molar-refractivity contribution in [2.45, 2.75) is 13.8 Å². The van der Waals surface area contributed by atoms with Crippen molar-refractivity contribution in [2.75, 3.05) is 0 Å². The first kappa shape index (κ1) is 19.4. The molecule has 110 valence electrons. The van der Waals surface area contributed by atoms with Crippen LogP contribution in [0.2, 0.25) is 0 Å². The lowest BCUT2D eigenvalue weighted by Gasteiger charge is -1.98. The molecule has 0 bridgehead atoms. The minimum atomic E-state index is -1.23. The molecule has 0 saturated heterocycles.